The van der Waals surface area contributed by atoms with Crippen molar-refractivity contribution in [2.75, 3.05) is 6.54 Å². The Kier molecular flexibility index (Phi) is 7.61. The van der Waals surface area contributed by atoms with Crippen molar-refractivity contribution >= 4 is 12.2 Å². The first kappa shape index (κ1) is 21.1. The number of allylic oxidation sites excluding steroid dienone is 2. The van der Waals surface area contributed by atoms with Crippen molar-refractivity contribution in [1.82, 2.24) is 5.32 Å². The maximum absolute atomic E-state index is 11.1. The third kappa shape index (κ3) is 6.21. The van der Waals surface area contributed by atoms with Crippen LogP contribution in [0, 0.1) is 0 Å². The molecular weight excluding hydrogens is 376 g/mol. The molecule has 0 fully saturated rings. The highest BCUT2D eigenvalue weighted by atomic mass is 16.5. The third-order valence-corrected chi connectivity index (χ3v) is 4.92. The van der Waals surface area contributed by atoms with E-state index in [2.05, 4.69) is 29.0 Å². The lowest BCUT2D eigenvalue weighted by Gasteiger charge is -2.26. The molecule has 0 radical (unpaired) electrons. The zero-order valence-electron chi connectivity index (χ0n) is 16.8. The lowest BCUT2D eigenvalue weighted by Crippen LogP contribution is -2.24. The molecule has 0 aromatic heterocycles. The Morgan fingerprint density at radius 3 is 2.83 bits per heavy atom. The molecule has 2 aromatic carbocycles. The van der Waals surface area contributed by atoms with Gasteiger partial charge in [-0.15, -0.1) is 0 Å². The molecule has 5 nitrogen and oxygen atoms in total. The Bertz CT molecular complexity index is 962. The number of aryl methyl sites for hydroxylation is 1. The predicted octanol–water partition coefficient (Wildman–Crippen LogP) is 5.23. The number of nitrogens with zero attached hydrogens (tertiary/aromatic N) is 1. The molecule has 2 aromatic rings. The quantitative estimate of drug-likeness (QED) is 0.342. The Morgan fingerprint density at radius 1 is 1.23 bits per heavy atom. The van der Waals surface area contributed by atoms with Gasteiger partial charge in [0.25, 0.3) is 0 Å². The number of hydrogen-bond donors (Lipinski definition) is 2. The number of aliphatic carboxylic acids is 1. The van der Waals surface area contributed by atoms with E-state index >= 15 is 0 Å². The minimum atomic E-state index is -0.991. The summed E-state index contributed by atoms with van der Waals surface area (Å²) < 4.78 is 5.97. The lowest BCUT2D eigenvalue weighted by atomic mass is 9.82. The molecule has 1 atom stereocenters. The van der Waals surface area contributed by atoms with E-state index in [1.54, 1.807) is 18.4 Å². The third-order valence-electron chi connectivity index (χ3n) is 4.92. The van der Waals surface area contributed by atoms with Gasteiger partial charge in [0, 0.05) is 36.7 Å². The molecule has 0 aliphatic heterocycles. The molecule has 154 valence electrons. The van der Waals surface area contributed by atoms with Crippen molar-refractivity contribution < 1.29 is 14.6 Å². The molecule has 2 N–H and O–H groups in total. The number of ether oxygens (including phenoxy) is 1. The number of nitrogens with one attached hydrogen (secondary N) is 1. The Hall–Kier alpha value is -3.60. The fraction of sp³-hybridized carbons (Fsp3) is 0.200. The number of carboxylic acid groups (broad SMARTS) is 1. The van der Waals surface area contributed by atoms with Crippen molar-refractivity contribution in [2.45, 2.75) is 25.2 Å². The van der Waals surface area contributed by atoms with Crippen molar-refractivity contribution in [3.05, 3.63) is 96.4 Å². The maximum atomic E-state index is 11.1. The highest BCUT2D eigenvalue weighted by Crippen LogP contribution is 2.34. The molecule has 1 aliphatic carbocycles. The highest BCUT2D eigenvalue weighted by molar-refractivity contribution is 5.81. The fourth-order valence-corrected chi connectivity index (χ4v) is 3.58. The standard InChI is InChI=1S/C25H26N2O3/c1-2-26-15-7-10-21(17-25(28)29)27-18-20-9-6-8-19-16-23(13-14-24(19)20)30-22-11-4-3-5-12-22/h2-5,7,10-17,20,27H,1,6,8-9,18H2,(H,28,29)/b10-7-,21-17-,26-15?. The summed E-state index contributed by atoms with van der Waals surface area (Å²) >= 11 is 0. The largest absolute Gasteiger partial charge is 0.478 e. The van der Waals surface area contributed by atoms with Crippen LogP contribution in [0.25, 0.3) is 0 Å². The van der Waals surface area contributed by atoms with E-state index in [0.29, 0.717) is 18.2 Å². The molecule has 5 heteroatoms. The van der Waals surface area contributed by atoms with Crippen LogP contribution in [0.3, 0.4) is 0 Å². The summed E-state index contributed by atoms with van der Waals surface area (Å²) in [6.07, 6.45) is 10.7. The van der Waals surface area contributed by atoms with Crippen LogP contribution in [0.2, 0.25) is 0 Å². The molecule has 0 saturated heterocycles. The Morgan fingerprint density at radius 2 is 2.07 bits per heavy atom. The molecule has 0 bridgehead atoms. The van der Waals surface area contributed by atoms with Gasteiger partial charge in [0.2, 0.25) is 0 Å². The summed E-state index contributed by atoms with van der Waals surface area (Å²) in [4.78, 5) is 15.0. The smallest absolute Gasteiger partial charge is 0.330 e. The molecule has 0 amide bonds. The number of rotatable bonds is 9. The van der Waals surface area contributed by atoms with E-state index < -0.39 is 5.97 Å². The van der Waals surface area contributed by atoms with Crippen molar-refractivity contribution in [3.8, 4) is 11.5 Å². The van der Waals surface area contributed by atoms with Crippen LogP contribution in [0.5, 0.6) is 11.5 Å². The van der Waals surface area contributed by atoms with E-state index in [1.807, 2.05) is 36.4 Å². The Labute approximate surface area is 177 Å². The normalized spacial score (nSPS) is 16.4. The van der Waals surface area contributed by atoms with Gasteiger partial charge >= 0.3 is 5.97 Å². The average Bonchev–Trinajstić information content (AvgIpc) is 2.75. The van der Waals surface area contributed by atoms with Crippen LogP contribution >= 0.6 is 0 Å². The number of aliphatic imine (C=N–C) groups is 1. The van der Waals surface area contributed by atoms with E-state index in [0.717, 1.165) is 30.8 Å². The summed E-state index contributed by atoms with van der Waals surface area (Å²) in [5.41, 5.74) is 3.12. The lowest BCUT2D eigenvalue weighted by molar-refractivity contribution is -0.131. The first-order valence-electron chi connectivity index (χ1n) is 10.0. The SMILES string of the molecule is C=CN=C/C=C\C(=C\C(=O)O)NCC1CCCc2cc(Oc3ccccc3)ccc21. The van der Waals surface area contributed by atoms with Gasteiger partial charge in [0.05, 0.1) is 0 Å². The maximum Gasteiger partial charge on any atom is 0.330 e. The second-order valence-corrected chi connectivity index (χ2v) is 7.02. The van der Waals surface area contributed by atoms with Crippen LogP contribution in [0.15, 0.2) is 90.2 Å². The van der Waals surface area contributed by atoms with Crippen LogP contribution in [-0.4, -0.2) is 23.8 Å². The average molecular weight is 402 g/mol. The van der Waals surface area contributed by atoms with Gasteiger partial charge in [-0.2, -0.15) is 0 Å². The van der Waals surface area contributed by atoms with Crippen LogP contribution in [-0.2, 0) is 11.2 Å². The zero-order chi connectivity index (χ0) is 21.2. The van der Waals surface area contributed by atoms with Crippen LogP contribution < -0.4 is 10.1 Å². The van der Waals surface area contributed by atoms with Gasteiger partial charge in [0.15, 0.2) is 0 Å². The van der Waals surface area contributed by atoms with E-state index in [1.165, 1.54) is 23.4 Å². The molecule has 1 aliphatic rings. The van der Waals surface area contributed by atoms with Gasteiger partial charge in [-0.25, -0.2) is 4.79 Å². The minimum Gasteiger partial charge on any atom is -0.478 e. The first-order chi connectivity index (χ1) is 14.7. The number of carboxylic acids is 1. The van der Waals surface area contributed by atoms with Gasteiger partial charge in [-0.3, -0.25) is 4.99 Å². The summed E-state index contributed by atoms with van der Waals surface area (Å²) in [6, 6.07) is 16.0. The molecular formula is C25H26N2O3. The fourth-order valence-electron chi connectivity index (χ4n) is 3.58. The van der Waals surface area contributed by atoms with E-state index in [4.69, 9.17) is 9.84 Å². The summed E-state index contributed by atoms with van der Waals surface area (Å²) in [6.45, 7) is 4.17. The number of carbonyl (C=O) groups is 1. The number of para-hydroxylation sites is 1. The van der Waals surface area contributed by atoms with Crippen molar-refractivity contribution in [3.63, 3.8) is 0 Å². The predicted molar refractivity (Wildman–Crippen MR) is 120 cm³/mol. The molecule has 0 saturated carbocycles. The molecule has 1 unspecified atom stereocenters. The molecule has 0 heterocycles. The second kappa shape index (κ2) is 10.8. The number of benzene rings is 2. The summed E-state index contributed by atoms with van der Waals surface area (Å²) in [5, 5.41) is 12.4. The molecule has 0 spiro atoms. The minimum absolute atomic E-state index is 0.312. The summed E-state index contributed by atoms with van der Waals surface area (Å²) in [7, 11) is 0. The van der Waals surface area contributed by atoms with Crippen LogP contribution in [0.4, 0.5) is 0 Å². The zero-order valence-corrected chi connectivity index (χ0v) is 16.8. The van der Waals surface area contributed by atoms with Crippen molar-refractivity contribution in [2.24, 2.45) is 4.99 Å². The van der Waals surface area contributed by atoms with Gasteiger partial charge in [0.1, 0.15) is 11.5 Å². The van der Waals surface area contributed by atoms with Gasteiger partial charge in [-0.05, 0) is 66.8 Å². The van der Waals surface area contributed by atoms with Crippen LogP contribution in [0.1, 0.15) is 29.9 Å². The summed E-state index contributed by atoms with van der Waals surface area (Å²) in [5.74, 6) is 0.979. The Balaban J connectivity index is 1.69. The van der Waals surface area contributed by atoms with Crippen molar-refractivity contribution in [1.29, 1.82) is 0 Å². The first-order valence-corrected chi connectivity index (χ1v) is 10.0. The highest BCUT2D eigenvalue weighted by Gasteiger charge is 2.21. The number of fused-ring (bicyclic) bond motifs is 1. The molecule has 30 heavy (non-hydrogen) atoms. The number of hydrogen-bond acceptors (Lipinski definition) is 4. The molecule has 3 rings (SSSR count). The van der Waals surface area contributed by atoms with E-state index in [9.17, 15) is 4.79 Å². The topological polar surface area (TPSA) is 70.9 Å². The van der Waals surface area contributed by atoms with Gasteiger partial charge in [-0.1, -0.05) is 30.8 Å². The monoisotopic (exact) mass is 402 g/mol. The van der Waals surface area contributed by atoms with Gasteiger partial charge < -0.3 is 15.2 Å². The van der Waals surface area contributed by atoms with E-state index in [-0.39, 0.29) is 0 Å². The second-order valence-electron chi connectivity index (χ2n) is 7.02.